The smallest absolute Gasteiger partial charge is 0.0740 e. The van der Waals surface area contributed by atoms with Crippen LogP contribution in [0.1, 0.15) is 40.5 Å². The number of thiocarbonyl (C=S) groups is 1. The molecule has 0 unspecified atom stereocenters. The fourth-order valence-corrected chi connectivity index (χ4v) is 1.58. The van der Waals surface area contributed by atoms with Crippen molar-refractivity contribution >= 4 is 17.2 Å². The lowest BCUT2D eigenvalue weighted by Crippen LogP contribution is -2.36. The van der Waals surface area contributed by atoms with E-state index in [2.05, 4.69) is 32.6 Å². The molecule has 0 aliphatic carbocycles. The molecule has 0 spiro atoms. The van der Waals surface area contributed by atoms with Crippen molar-refractivity contribution < 1.29 is 4.74 Å². The molecule has 0 rings (SSSR count). The third kappa shape index (κ3) is 10.7. The second-order valence-electron chi connectivity index (χ2n) is 5.14. The van der Waals surface area contributed by atoms with Gasteiger partial charge in [-0.1, -0.05) is 26.1 Å². The molecular formula is C13H28N2OS. The first kappa shape index (κ1) is 16.8. The molecule has 0 fully saturated rings. The average Bonchev–Trinajstić information content (AvgIpc) is 2.20. The Morgan fingerprint density at radius 1 is 1.18 bits per heavy atom. The first-order valence-electron chi connectivity index (χ1n) is 6.53. The molecule has 0 atom stereocenters. The van der Waals surface area contributed by atoms with Gasteiger partial charge in [0, 0.05) is 32.2 Å². The molecular weight excluding hydrogens is 232 g/mol. The lowest BCUT2D eigenvalue weighted by atomic mass is 10.1. The fourth-order valence-electron chi connectivity index (χ4n) is 1.48. The molecule has 0 bridgehead atoms. The van der Waals surface area contributed by atoms with Crippen molar-refractivity contribution in [2.45, 2.75) is 46.6 Å². The van der Waals surface area contributed by atoms with Gasteiger partial charge in [0.05, 0.1) is 11.6 Å². The van der Waals surface area contributed by atoms with E-state index < -0.39 is 0 Å². The minimum Gasteiger partial charge on any atom is -0.393 e. The van der Waals surface area contributed by atoms with E-state index in [1.54, 1.807) is 0 Å². The fraction of sp³-hybridized carbons (Fsp3) is 0.923. The summed E-state index contributed by atoms with van der Waals surface area (Å²) < 4.78 is 5.63. The molecule has 0 radical (unpaired) electrons. The lowest BCUT2D eigenvalue weighted by molar-refractivity contribution is 0.0873. The molecule has 0 aromatic heterocycles. The molecule has 17 heavy (non-hydrogen) atoms. The van der Waals surface area contributed by atoms with Crippen molar-refractivity contribution in [1.82, 2.24) is 4.90 Å². The van der Waals surface area contributed by atoms with Crippen molar-refractivity contribution in [2.24, 2.45) is 11.7 Å². The Labute approximate surface area is 112 Å². The van der Waals surface area contributed by atoms with Crippen LogP contribution in [-0.4, -0.2) is 42.2 Å². The van der Waals surface area contributed by atoms with E-state index >= 15 is 0 Å². The molecule has 4 heteroatoms. The van der Waals surface area contributed by atoms with E-state index in [1.165, 1.54) is 0 Å². The van der Waals surface area contributed by atoms with Crippen molar-refractivity contribution in [3.8, 4) is 0 Å². The van der Waals surface area contributed by atoms with Gasteiger partial charge in [0.1, 0.15) is 0 Å². The van der Waals surface area contributed by atoms with Crippen LogP contribution in [0.5, 0.6) is 0 Å². The molecule has 0 aromatic carbocycles. The van der Waals surface area contributed by atoms with Gasteiger partial charge < -0.3 is 10.5 Å². The number of ether oxygens (including phenoxy) is 1. The van der Waals surface area contributed by atoms with E-state index in [1.807, 2.05) is 0 Å². The highest BCUT2D eigenvalue weighted by molar-refractivity contribution is 7.80. The van der Waals surface area contributed by atoms with Crippen LogP contribution in [-0.2, 0) is 4.74 Å². The first-order valence-corrected chi connectivity index (χ1v) is 6.94. The van der Waals surface area contributed by atoms with E-state index in [9.17, 15) is 0 Å². The largest absolute Gasteiger partial charge is 0.393 e. The summed E-state index contributed by atoms with van der Waals surface area (Å²) in [5.41, 5.74) is 5.52. The third-order valence-corrected chi connectivity index (χ3v) is 2.94. The Bertz CT molecular complexity index is 208. The number of nitrogens with zero attached hydrogens (tertiary/aromatic N) is 1. The van der Waals surface area contributed by atoms with Crippen LogP contribution in [0, 0.1) is 5.92 Å². The summed E-state index contributed by atoms with van der Waals surface area (Å²) >= 11 is 4.90. The van der Waals surface area contributed by atoms with Gasteiger partial charge in [-0.05, 0) is 26.2 Å². The summed E-state index contributed by atoms with van der Waals surface area (Å²) in [7, 11) is 0. The minimum absolute atomic E-state index is 0.512. The van der Waals surface area contributed by atoms with Crippen molar-refractivity contribution in [1.29, 1.82) is 0 Å². The van der Waals surface area contributed by atoms with Gasteiger partial charge in [-0.15, -0.1) is 0 Å². The van der Waals surface area contributed by atoms with E-state index in [0.29, 0.717) is 16.9 Å². The van der Waals surface area contributed by atoms with Crippen LogP contribution < -0.4 is 5.73 Å². The second-order valence-corrected chi connectivity index (χ2v) is 5.67. The van der Waals surface area contributed by atoms with Crippen molar-refractivity contribution in [3.05, 3.63) is 0 Å². The molecule has 102 valence electrons. The van der Waals surface area contributed by atoms with E-state index in [-0.39, 0.29) is 0 Å². The van der Waals surface area contributed by atoms with Crippen LogP contribution in [0.4, 0.5) is 0 Å². The lowest BCUT2D eigenvalue weighted by Gasteiger charge is -2.26. The van der Waals surface area contributed by atoms with Gasteiger partial charge >= 0.3 is 0 Å². The molecule has 0 aliphatic rings. The summed E-state index contributed by atoms with van der Waals surface area (Å²) in [6.07, 6.45) is 1.92. The molecule has 0 saturated heterocycles. The minimum atomic E-state index is 0.512. The molecule has 0 saturated carbocycles. The highest BCUT2D eigenvalue weighted by Gasteiger charge is 2.09. The van der Waals surface area contributed by atoms with Gasteiger partial charge in [-0.25, -0.2) is 0 Å². The highest BCUT2D eigenvalue weighted by Crippen LogP contribution is 2.02. The van der Waals surface area contributed by atoms with Crippen LogP contribution in [0.15, 0.2) is 0 Å². The summed E-state index contributed by atoms with van der Waals surface area (Å²) in [4.78, 5) is 2.95. The first-order chi connectivity index (χ1) is 7.93. The van der Waals surface area contributed by atoms with Gasteiger partial charge in [0.15, 0.2) is 0 Å². The molecule has 0 aliphatic heterocycles. The van der Waals surface area contributed by atoms with Crippen LogP contribution >= 0.6 is 12.2 Å². The van der Waals surface area contributed by atoms with Crippen molar-refractivity contribution in [2.75, 3.05) is 26.3 Å². The standard InChI is InChI=1S/C13H28N2OS/c1-11(2)6-9-16-10-8-15(12(3)4)7-5-13(14)17/h11-12H,5-10H2,1-4H3,(H2,14,17). The summed E-state index contributed by atoms with van der Waals surface area (Å²) in [6, 6.07) is 0.512. The van der Waals surface area contributed by atoms with E-state index in [4.69, 9.17) is 22.7 Å². The van der Waals surface area contributed by atoms with Crippen LogP contribution in [0.3, 0.4) is 0 Å². The maximum absolute atomic E-state index is 5.63. The second kappa shape index (κ2) is 9.80. The molecule has 3 nitrogen and oxygen atoms in total. The average molecular weight is 260 g/mol. The normalized spacial score (nSPS) is 11.7. The SMILES string of the molecule is CC(C)CCOCCN(CCC(N)=S)C(C)C. The molecule has 0 amide bonds. The topological polar surface area (TPSA) is 38.5 Å². The molecule has 0 aromatic rings. The molecule has 2 N–H and O–H groups in total. The van der Waals surface area contributed by atoms with E-state index in [0.717, 1.165) is 39.1 Å². The maximum atomic E-state index is 5.63. The summed E-state index contributed by atoms with van der Waals surface area (Å²) in [6.45, 7) is 12.3. The number of rotatable bonds is 10. The van der Waals surface area contributed by atoms with Gasteiger partial charge in [-0.2, -0.15) is 0 Å². The van der Waals surface area contributed by atoms with Crippen LogP contribution in [0.25, 0.3) is 0 Å². The monoisotopic (exact) mass is 260 g/mol. The summed E-state index contributed by atoms with van der Waals surface area (Å²) in [5, 5.41) is 0. The third-order valence-electron chi connectivity index (χ3n) is 2.74. The Hall–Kier alpha value is -0.190. The summed E-state index contributed by atoms with van der Waals surface area (Å²) in [5.74, 6) is 0.714. The zero-order valence-corrected chi connectivity index (χ0v) is 12.6. The Balaban J connectivity index is 3.66. The maximum Gasteiger partial charge on any atom is 0.0740 e. The number of nitrogens with two attached hydrogens (primary N) is 1. The molecule has 0 heterocycles. The van der Waals surface area contributed by atoms with Crippen molar-refractivity contribution in [3.63, 3.8) is 0 Å². The number of hydrogen-bond donors (Lipinski definition) is 1. The number of hydrogen-bond acceptors (Lipinski definition) is 3. The predicted octanol–water partition coefficient (Wildman–Crippen LogP) is 2.44. The van der Waals surface area contributed by atoms with Gasteiger partial charge in [-0.3, -0.25) is 4.90 Å². The van der Waals surface area contributed by atoms with Gasteiger partial charge in [0.2, 0.25) is 0 Å². The Morgan fingerprint density at radius 2 is 1.82 bits per heavy atom. The Kier molecular flexibility index (Phi) is 9.69. The zero-order valence-electron chi connectivity index (χ0n) is 11.7. The Morgan fingerprint density at radius 3 is 2.29 bits per heavy atom. The predicted molar refractivity (Wildman–Crippen MR) is 78.4 cm³/mol. The highest BCUT2D eigenvalue weighted by atomic mass is 32.1. The van der Waals surface area contributed by atoms with Crippen LogP contribution in [0.2, 0.25) is 0 Å². The zero-order chi connectivity index (χ0) is 13.3. The van der Waals surface area contributed by atoms with Gasteiger partial charge in [0.25, 0.3) is 0 Å². The quantitative estimate of drug-likeness (QED) is 0.484.